The van der Waals surface area contributed by atoms with Crippen LogP contribution in [0, 0.1) is 5.82 Å². The fourth-order valence-electron chi connectivity index (χ4n) is 3.99. The first-order valence-electron chi connectivity index (χ1n) is 12.3. The van der Waals surface area contributed by atoms with Gasteiger partial charge in [0.1, 0.15) is 38.8 Å². The van der Waals surface area contributed by atoms with Crippen molar-refractivity contribution in [2.24, 2.45) is 0 Å². The zero-order chi connectivity index (χ0) is 27.2. The molecule has 8 nitrogen and oxygen atoms in total. The zero-order valence-electron chi connectivity index (χ0n) is 21.3. The third-order valence-electron chi connectivity index (χ3n) is 6.07. The Bertz CT molecular complexity index is 1560. The van der Waals surface area contributed by atoms with E-state index in [1.165, 1.54) is 29.7 Å². The third-order valence-corrected chi connectivity index (χ3v) is 7.85. The molecule has 0 spiro atoms. The summed E-state index contributed by atoms with van der Waals surface area (Å²) >= 11 is 1.54. The lowest BCUT2D eigenvalue weighted by molar-refractivity contribution is 0.306. The Hall–Kier alpha value is -3.80. The van der Waals surface area contributed by atoms with Crippen molar-refractivity contribution in [3.63, 3.8) is 0 Å². The van der Waals surface area contributed by atoms with Gasteiger partial charge in [-0.2, -0.15) is 0 Å². The molecule has 1 aliphatic rings. The molecule has 0 aliphatic carbocycles. The first-order valence-corrected chi connectivity index (χ1v) is 15.3. The zero-order valence-corrected chi connectivity index (χ0v) is 22.9. The molecule has 0 atom stereocenters. The average Bonchev–Trinajstić information content (AvgIpc) is 3.40. The molecule has 1 aliphatic heterocycles. The van der Waals surface area contributed by atoms with Gasteiger partial charge in [0.25, 0.3) is 0 Å². The molecule has 11 heteroatoms. The molecule has 2 aromatic heterocycles. The van der Waals surface area contributed by atoms with Crippen LogP contribution in [-0.4, -0.2) is 36.9 Å². The minimum Gasteiger partial charge on any atom is -0.489 e. The highest BCUT2D eigenvalue weighted by Gasteiger charge is 2.18. The van der Waals surface area contributed by atoms with Crippen LogP contribution in [0.4, 0.5) is 21.6 Å². The average molecular weight is 566 g/mol. The number of aromatic nitrogens is 2. The summed E-state index contributed by atoms with van der Waals surface area (Å²) in [5.41, 5.74) is 4.84. The summed E-state index contributed by atoms with van der Waals surface area (Å²) in [6.07, 6.45) is 8.91. The Morgan fingerprint density at radius 2 is 1.90 bits per heavy atom. The van der Waals surface area contributed by atoms with Crippen molar-refractivity contribution in [1.82, 2.24) is 15.3 Å². The van der Waals surface area contributed by atoms with Gasteiger partial charge in [-0.3, -0.25) is 4.98 Å². The van der Waals surface area contributed by atoms with Crippen LogP contribution in [0.2, 0.25) is 0 Å². The van der Waals surface area contributed by atoms with E-state index in [1.54, 1.807) is 12.1 Å². The molecule has 202 valence electrons. The van der Waals surface area contributed by atoms with Gasteiger partial charge in [0.05, 0.1) is 24.2 Å². The predicted molar refractivity (Wildman–Crippen MR) is 153 cm³/mol. The number of thiazole rings is 1. The van der Waals surface area contributed by atoms with Gasteiger partial charge in [0, 0.05) is 53.9 Å². The summed E-state index contributed by atoms with van der Waals surface area (Å²) in [5.74, 6) is 1.40. The van der Waals surface area contributed by atoms with Gasteiger partial charge in [0.2, 0.25) is 0 Å². The molecule has 0 fully saturated rings. The smallest absolute Gasteiger partial charge is 0.148 e. The largest absolute Gasteiger partial charge is 0.489 e. The number of pyridine rings is 1. The van der Waals surface area contributed by atoms with Crippen LogP contribution in [-0.2, 0) is 29.5 Å². The van der Waals surface area contributed by atoms with Crippen LogP contribution in [0.15, 0.2) is 72.5 Å². The van der Waals surface area contributed by atoms with Gasteiger partial charge in [-0.15, -0.1) is 11.3 Å². The fourth-order valence-corrected chi connectivity index (χ4v) is 5.26. The number of hydrogen-bond acceptors (Lipinski definition) is 9. The van der Waals surface area contributed by atoms with E-state index in [0.29, 0.717) is 26.2 Å². The van der Waals surface area contributed by atoms with E-state index in [2.05, 4.69) is 20.5 Å². The quantitative estimate of drug-likeness (QED) is 0.242. The first kappa shape index (κ1) is 26.8. The van der Waals surface area contributed by atoms with Crippen molar-refractivity contribution in [1.29, 1.82) is 0 Å². The van der Waals surface area contributed by atoms with Crippen molar-refractivity contribution in [3.8, 4) is 5.75 Å². The van der Waals surface area contributed by atoms with Gasteiger partial charge in [-0.1, -0.05) is 12.1 Å². The Labute approximate surface area is 231 Å². The molecule has 5 rings (SSSR count). The highest BCUT2D eigenvalue weighted by molar-refractivity contribution is 7.90. The van der Waals surface area contributed by atoms with Crippen LogP contribution < -0.4 is 20.3 Å². The topological polar surface area (TPSA) is 96.5 Å². The van der Waals surface area contributed by atoms with Crippen LogP contribution in [0.1, 0.15) is 21.7 Å². The second kappa shape index (κ2) is 11.9. The Kier molecular flexibility index (Phi) is 8.20. The second-order valence-electron chi connectivity index (χ2n) is 9.17. The maximum absolute atomic E-state index is 13.1. The number of halogens is 1. The van der Waals surface area contributed by atoms with Crippen LogP contribution >= 0.6 is 11.3 Å². The monoisotopic (exact) mass is 565 g/mol. The number of nitrogens with zero attached hydrogens (tertiary/aromatic N) is 3. The van der Waals surface area contributed by atoms with E-state index >= 15 is 0 Å². The third kappa shape index (κ3) is 7.41. The lowest BCUT2D eigenvalue weighted by atomic mass is 10.0. The van der Waals surface area contributed by atoms with Crippen LogP contribution in [0.25, 0.3) is 6.08 Å². The second-order valence-corrected chi connectivity index (χ2v) is 12.4. The van der Waals surface area contributed by atoms with Gasteiger partial charge >= 0.3 is 0 Å². The minimum absolute atomic E-state index is 0.104. The van der Waals surface area contributed by atoms with Crippen LogP contribution in [0.5, 0.6) is 5.75 Å². The highest BCUT2D eigenvalue weighted by Crippen LogP contribution is 2.32. The molecule has 4 aromatic rings. The minimum atomic E-state index is -2.99. The van der Waals surface area contributed by atoms with Crippen molar-refractivity contribution < 1.29 is 17.5 Å². The van der Waals surface area contributed by atoms with Gasteiger partial charge in [-0.05, 0) is 48.0 Å². The lowest BCUT2D eigenvalue weighted by Gasteiger charge is -2.25. The van der Waals surface area contributed by atoms with E-state index in [9.17, 15) is 12.8 Å². The Balaban J connectivity index is 1.20. The molecular weight excluding hydrogens is 537 g/mol. The Morgan fingerprint density at radius 3 is 2.67 bits per heavy atom. The number of hydrogen-bond donors (Lipinski definition) is 2. The molecule has 0 unspecified atom stereocenters. The van der Waals surface area contributed by atoms with Crippen molar-refractivity contribution in [2.45, 2.75) is 19.7 Å². The van der Waals surface area contributed by atoms with Crippen molar-refractivity contribution in [2.75, 3.05) is 28.8 Å². The lowest BCUT2D eigenvalue weighted by Crippen LogP contribution is -2.22. The summed E-state index contributed by atoms with van der Waals surface area (Å²) < 4.78 is 41.5. The van der Waals surface area contributed by atoms with Crippen molar-refractivity contribution >= 4 is 44.4 Å². The maximum Gasteiger partial charge on any atom is 0.148 e. The van der Waals surface area contributed by atoms with Crippen molar-refractivity contribution in [3.05, 3.63) is 100 Å². The standard InChI is InChI=1S/C28H28FN5O3S2/c1-39(35,36)13-11-30-16-28-33-27(19-38-28)34-12-10-21-14-31-15-26(25(21)17-34)32-23-6-8-24(9-7-23)37-18-20-2-4-22(29)5-3-20/h2-10,12,14-15,19,30,32H,11,13,16-18H2,1H3. The number of benzene rings is 2. The van der Waals surface area contributed by atoms with Gasteiger partial charge in [-0.25, -0.2) is 17.8 Å². The molecule has 0 amide bonds. The molecule has 39 heavy (non-hydrogen) atoms. The molecule has 0 saturated carbocycles. The first-order chi connectivity index (χ1) is 18.8. The maximum atomic E-state index is 13.1. The van der Waals surface area contributed by atoms with E-state index < -0.39 is 9.84 Å². The molecule has 0 bridgehead atoms. The van der Waals surface area contributed by atoms with E-state index in [0.717, 1.165) is 44.6 Å². The molecular formula is C28H28FN5O3S2. The van der Waals surface area contributed by atoms with E-state index in [4.69, 9.17) is 9.72 Å². The number of sulfone groups is 1. The highest BCUT2D eigenvalue weighted by atomic mass is 32.2. The Morgan fingerprint density at radius 1 is 1.10 bits per heavy atom. The normalized spacial score (nSPS) is 12.8. The predicted octanol–water partition coefficient (Wildman–Crippen LogP) is 5.12. The number of ether oxygens (including phenoxy) is 1. The molecule has 2 N–H and O–H groups in total. The molecule has 0 saturated heterocycles. The number of anilines is 3. The summed E-state index contributed by atoms with van der Waals surface area (Å²) in [5, 5.41) is 9.50. The van der Waals surface area contributed by atoms with Gasteiger partial charge < -0.3 is 20.3 Å². The fraction of sp³-hybridized carbons (Fsp3) is 0.214. The van der Waals surface area contributed by atoms with Gasteiger partial charge in [0.15, 0.2) is 0 Å². The van der Waals surface area contributed by atoms with E-state index in [-0.39, 0.29) is 11.6 Å². The number of nitrogens with one attached hydrogen (secondary N) is 2. The molecule has 2 aromatic carbocycles. The number of rotatable bonds is 11. The SMILES string of the molecule is CS(=O)(=O)CCNCc1nc(N2C=Cc3cncc(Nc4ccc(OCc5ccc(F)cc5)cc4)c3C2)cs1. The summed E-state index contributed by atoms with van der Waals surface area (Å²) in [6, 6.07) is 13.9. The summed E-state index contributed by atoms with van der Waals surface area (Å²) in [4.78, 5) is 11.2. The summed E-state index contributed by atoms with van der Waals surface area (Å²) in [7, 11) is -2.99. The number of fused-ring (bicyclic) bond motifs is 1. The molecule has 0 radical (unpaired) electrons. The van der Waals surface area contributed by atoms with Crippen LogP contribution in [0.3, 0.4) is 0 Å². The van der Waals surface area contributed by atoms with E-state index in [1.807, 2.05) is 54.3 Å². The summed E-state index contributed by atoms with van der Waals surface area (Å²) in [6.45, 7) is 1.91. The molecule has 3 heterocycles.